The fourth-order valence-corrected chi connectivity index (χ4v) is 1.31. The van der Waals surface area contributed by atoms with Crippen LogP contribution in [0.15, 0.2) is 11.6 Å². The van der Waals surface area contributed by atoms with Gasteiger partial charge in [-0.15, -0.1) is 11.3 Å². The van der Waals surface area contributed by atoms with Crippen molar-refractivity contribution in [2.75, 3.05) is 25.6 Å². The quantitative estimate of drug-likeness (QED) is 0.709. The predicted molar refractivity (Wildman–Crippen MR) is 48.5 cm³/mol. The molecule has 0 saturated carbocycles. The third kappa shape index (κ3) is 3.17. The number of aliphatic hydroxyl groups excluding tert-OH is 1. The average Bonchev–Trinajstić information content (AvgIpc) is 2.53. The van der Waals surface area contributed by atoms with Crippen LogP contribution in [0.4, 0.5) is 5.13 Å². The van der Waals surface area contributed by atoms with Crippen LogP contribution in [0.3, 0.4) is 0 Å². The van der Waals surface area contributed by atoms with Gasteiger partial charge < -0.3 is 15.2 Å². The fourth-order valence-electron chi connectivity index (χ4n) is 0.767. The number of aliphatic hydroxyl groups is 1. The lowest BCUT2D eigenvalue weighted by Crippen LogP contribution is -2.23. The minimum atomic E-state index is -0.473. The van der Waals surface area contributed by atoms with Crippen molar-refractivity contribution in [3.05, 3.63) is 11.6 Å². The molecule has 1 atom stereocenters. The summed E-state index contributed by atoms with van der Waals surface area (Å²) in [4.78, 5) is 4.00. The minimum Gasteiger partial charge on any atom is -0.389 e. The van der Waals surface area contributed by atoms with E-state index in [0.717, 1.165) is 5.13 Å². The summed E-state index contributed by atoms with van der Waals surface area (Å²) in [5.74, 6) is 0. The molecule has 0 aliphatic carbocycles. The molecule has 0 radical (unpaired) electrons. The van der Waals surface area contributed by atoms with Gasteiger partial charge in [-0.3, -0.25) is 0 Å². The molecule has 1 aromatic heterocycles. The maximum absolute atomic E-state index is 9.24. The van der Waals surface area contributed by atoms with Gasteiger partial charge in [-0.2, -0.15) is 0 Å². The zero-order chi connectivity index (χ0) is 8.81. The van der Waals surface area contributed by atoms with E-state index in [1.807, 2.05) is 5.38 Å². The highest BCUT2D eigenvalue weighted by molar-refractivity contribution is 7.13. The molecule has 0 amide bonds. The summed E-state index contributed by atoms with van der Waals surface area (Å²) in [6, 6.07) is 0. The summed E-state index contributed by atoms with van der Waals surface area (Å²) >= 11 is 1.51. The molecule has 1 aromatic rings. The Bertz CT molecular complexity index is 203. The molecule has 0 aromatic carbocycles. The van der Waals surface area contributed by atoms with E-state index in [-0.39, 0.29) is 0 Å². The van der Waals surface area contributed by atoms with Crippen LogP contribution >= 0.6 is 11.3 Å². The second kappa shape index (κ2) is 5.08. The molecule has 0 fully saturated rings. The SMILES string of the molecule is COCC(O)CNc1nccs1. The number of hydrogen-bond acceptors (Lipinski definition) is 5. The van der Waals surface area contributed by atoms with Gasteiger partial charge in [-0.25, -0.2) is 4.98 Å². The van der Waals surface area contributed by atoms with Gasteiger partial charge in [-0.05, 0) is 0 Å². The number of aromatic nitrogens is 1. The first-order valence-electron chi connectivity index (χ1n) is 3.63. The van der Waals surface area contributed by atoms with Gasteiger partial charge in [0, 0.05) is 25.2 Å². The van der Waals surface area contributed by atoms with E-state index < -0.39 is 6.10 Å². The van der Waals surface area contributed by atoms with Gasteiger partial charge in [0.1, 0.15) is 0 Å². The lowest BCUT2D eigenvalue weighted by Gasteiger charge is -2.08. The molecule has 0 saturated heterocycles. The van der Waals surface area contributed by atoms with Crippen molar-refractivity contribution in [3.63, 3.8) is 0 Å². The van der Waals surface area contributed by atoms with Crippen LogP contribution in [0.25, 0.3) is 0 Å². The van der Waals surface area contributed by atoms with Crippen molar-refractivity contribution >= 4 is 16.5 Å². The molecule has 0 spiro atoms. The normalized spacial score (nSPS) is 12.8. The van der Waals surface area contributed by atoms with Crippen molar-refractivity contribution in [2.24, 2.45) is 0 Å². The van der Waals surface area contributed by atoms with Crippen molar-refractivity contribution in [2.45, 2.75) is 6.10 Å². The van der Waals surface area contributed by atoms with Gasteiger partial charge >= 0.3 is 0 Å². The first-order valence-corrected chi connectivity index (χ1v) is 4.51. The monoisotopic (exact) mass is 188 g/mol. The van der Waals surface area contributed by atoms with Crippen molar-refractivity contribution in [3.8, 4) is 0 Å². The Morgan fingerprint density at radius 3 is 3.25 bits per heavy atom. The van der Waals surface area contributed by atoms with Crippen LogP contribution < -0.4 is 5.32 Å². The van der Waals surface area contributed by atoms with Gasteiger partial charge in [-0.1, -0.05) is 0 Å². The highest BCUT2D eigenvalue weighted by Crippen LogP contribution is 2.09. The smallest absolute Gasteiger partial charge is 0.182 e. The second-order valence-corrected chi connectivity index (χ2v) is 3.22. The highest BCUT2D eigenvalue weighted by Gasteiger charge is 2.02. The van der Waals surface area contributed by atoms with E-state index in [2.05, 4.69) is 10.3 Å². The summed E-state index contributed by atoms with van der Waals surface area (Å²) in [6.07, 6.45) is 1.24. The Morgan fingerprint density at radius 1 is 1.83 bits per heavy atom. The summed E-state index contributed by atoms with van der Waals surface area (Å²) in [7, 11) is 1.56. The van der Waals surface area contributed by atoms with E-state index in [1.165, 1.54) is 11.3 Å². The molecule has 0 aliphatic rings. The number of nitrogens with zero attached hydrogens (tertiary/aromatic N) is 1. The van der Waals surface area contributed by atoms with Crippen LogP contribution in [0, 0.1) is 0 Å². The number of thiazole rings is 1. The summed E-state index contributed by atoms with van der Waals surface area (Å²) in [5.41, 5.74) is 0. The predicted octanol–water partition coefficient (Wildman–Crippen LogP) is 0.562. The number of methoxy groups -OCH3 is 1. The highest BCUT2D eigenvalue weighted by atomic mass is 32.1. The summed E-state index contributed by atoms with van der Waals surface area (Å²) < 4.78 is 4.77. The van der Waals surface area contributed by atoms with Gasteiger partial charge in [0.15, 0.2) is 5.13 Å². The van der Waals surface area contributed by atoms with Gasteiger partial charge in [0.2, 0.25) is 0 Å². The molecule has 1 rings (SSSR count). The molecule has 1 heterocycles. The van der Waals surface area contributed by atoms with Crippen LogP contribution in [-0.4, -0.2) is 36.5 Å². The Balaban J connectivity index is 2.17. The zero-order valence-corrected chi connectivity index (χ0v) is 7.67. The summed E-state index contributed by atoms with van der Waals surface area (Å²) in [6.45, 7) is 0.819. The standard InChI is InChI=1S/C7H12N2O2S/c1-11-5-6(10)4-9-7-8-2-3-12-7/h2-3,6,10H,4-5H2,1H3,(H,8,9). The first-order chi connectivity index (χ1) is 5.83. The molecule has 2 N–H and O–H groups in total. The molecule has 68 valence electrons. The van der Waals surface area contributed by atoms with Crippen molar-refractivity contribution < 1.29 is 9.84 Å². The van der Waals surface area contributed by atoms with Crippen molar-refractivity contribution in [1.29, 1.82) is 0 Å². The topological polar surface area (TPSA) is 54.4 Å². The molecule has 4 nitrogen and oxygen atoms in total. The zero-order valence-electron chi connectivity index (χ0n) is 6.86. The molecule has 0 bridgehead atoms. The third-order valence-electron chi connectivity index (χ3n) is 1.28. The Morgan fingerprint density at radius 2 is 2.67 bits per heavy atom. The number of ether oxygens (including phenoxy) is 1. The third-order valence-corrected chi connectivity index (χ3v) is 2.01. The number of rotatable bonds is 5. The fraction of sp³-hybridized carbons (Fsp3) is 0.571. The molecular weight excluding hydrogens is 176 g/mol. The number of anilines is 1. The molecule has 5 heteroatoms. The number of nitrogens with one attached hydrogen (secondary N) is 1. The largest absolute Gasteiger partial charge is 0.389 e. The lowest BCUT2D eigenvalue weighted by molar-refractivity contribution is 0.0727. The minimum absolute atomic E-state index is 0.346. The maximum atomic E-state index is 9.24. The first kappa shape index (κ1) is 9.44. The van der Waals surface area contributed by atoms with Crippen LogP contribution in [0.1, 0.15) is 0 Å². The van der Waals surface area contributed by atoms with Crippen LogP contribution in [-0.2, 0) is 4.74 Å². The maximum Gasteiger partial charge on any atom is 0.182 e. The molecule has 1 unspecified atom stereocenters. The van der Waals surface area contributed by atoms with E-state index in [1.54, 1.807) is 13.3 Å². The van der Waals surface area contributed by atoms with E-state index in [4.69, 9.17) is 4.74 Å². The average molecular weight is 188 g/mol. The van der Waals surface area contributed by atoms with Crippen molar-refractivity contribution in [1.82, 2.24) is 4.98 Å². The van der Waals surface area contributed by atoms with E-state index >= 15 is 0 Å². The number of hydrogen-bond donors (Lipinski definition) is 2. The summed E-state index contributed by atoms with van der Waals surface area (Å²) in [5, 5.41) is 14.9. The Labute approximate surface area is 75.2 Å². The van der Waals surface area contributed by atoms with E-state index in [9.17, 15) is 5.11 Å². The van der Waals surface area contributed by atoms with Crippen LogP contribution in [0.2, 0.25) is 0 Å². The molecule has 12 heavy (non-hydrogen) atoms. The Kier molecular flexibility index (Phi) is 3.99. The van der Waals surface area contributed by atoms with E-state index in [0.29, 0.717) is 13.2 Å². The van der Waals surface area contributed by atoms with Gasteiger partial charge in [0.25, 0.3) is 0 Å². The Hall–Kier alpha value is -0.650. The molecular formula is C7H12N2O2S. The van der Waals surface area contributed by atoms with Crippen LogP contribution in [0.5, 0.6) is 0 Å². The van der Waals surface area contributed by atoms with Gasteiger partial charge in [0.05, 0.1) is 12.7 Å². The second-order valence-electron chi connectivity index (χ2n) is 2.33. The lowest BCUT2D eigenvalue weighted by atomic mass is 10.4. The molecule has 0 aliphatic heterocycles.